The highest BCUT2D eigenvalue weighted by molar-refractivity contribution is 6.02. The van der Waals surface area contributed by atoms with E-state index in [-0.39, 0.29) is 5.57 Å². The van der Waals surface area contributed by atoms with Gasteiger partial charge >= 0.3 is 0 Å². The molecule has 190 valence electrons. The highest BCUT2D eigenvalue weighted by Gasteiger charge is 2.15. The minimum atomic E-state index is -0.440. The van der Waals surface area contributed by atoms with E-state index in [1.807, 2.05) is 128 Å². The highest BCUT2D eigenvalue weighted by atomic mass is 16.5. The molecule has 5 rings (SSSR count). The third-order valence-electron chi connectivity index (χ3n) is 6.10. The molecule has 0 unspecified atom stereocenters. The van der Waals surface area contributed by atoms with Gasteiger partial charge < -0.3 is 10.1 Å². The summed E-state index contributed by atoms with van der Waals surface area (Å²) >= 11 is 0. The average Bonchev–Trinajstić information content (AvgIpc) is 3.43. The van der Waals surface area contributed by atoms with Crippen molar-refractivity contribution < 1.29 is 9.53 Å². The Balaban J connectivity index is 1.41. The molecule has 6 nitrogen and oxygen atoms in total. The van der Waals surface area contributed by atoms with Crippen LogP contribution in [0.25, 0.3) is 23.0 Å². The van der Waals surface area contributed by atoms with Gasteiger partial charge in [0.1, 0.15) is 24.0 Å². The minimum Gasteiger partial charge on any atom is -0.489 e. The first-order chi connectivity index (χ1) is 19.2. The van der Waals surface area contributed by atoms with Gasteiger partial charge in [0.25, 0.3) is 5.91 Å². The molecule has 0 aliphatic rings. The Bertz CT molecular complexity index is 1600. The standard InChI is InChI=1S/C33H26N4O2/c34-21-28(33(38)35-22-25-10-4-1-5-11-25)20-29-23-37(30-14-8-3-9-15-30)36-32(29)27-16-18-31(19-17-27)39-24-26-12-6-2-7-13-26/h1-20,23H,22,24H2,(H,35,38). The molecule has 0 radical (unpaired) electrons. The van der Waals surface area contributed by atoms with Gasteiger partial charge in [-0.3, -0.25) is 4.79 Å². The third kappa shape index (κ3) is 6.48. The van der Waals surface area contributed by atoms with Gasteiger partial charge in [0.2, 0.25) is 0 Å². The van der Waals surface area contributed by atoms with Gasteiger partial charge in [-0.05, 0) is 53.6 Å². The normalized spacial score (nSPS) is 11.0. The summed E-state index contributed by atoms with van der Waals surface area (Å²) in [4.78, 5) is 12.9. The van der Waals surface area contributed by atoms with Gasteiger partial charge in [-0.2, -0.15) is 10.4 Å². The average molecular weight is 511 g/mol. The second-order valence-corrected chi connectivity index (χ2v) is 8.85. The van der Waals surface area contributed by atoms with Crippen LogP contribution < -0.4 is 10.1 Å². The molecule has 6 heteroatoms. The largest absolute Gasteiger partial charge is 0.489 e. The Morgan fingerprint density at radius 2 is 1.46 bits per heavy atom. The highest BCUT2D eigenvalue weighted by Crippen LogP contribution is 2.28. The zero-order valence-corrected chi connectivity index (χ0v) is 21.2. The number of carbonyl (C=O) groups excluding carboxylic acids is 1. The van der Waals surface area contributed by atoms with Crippen LogP contribution in [0.3, 0.4) is 0 Å². The number of hydrogen-bond donors (Lipinski definition) is 1. The number of nitrogens with zero attached hydrogens (tertiary/aromatic N) is 3. The fourth-order valence-corrected chi connectivity index (χ4v) is 4.06. The van der Waals surface area contributed by atoms with Crippen molar-refractivity contribution in [1.82, 2.24) is 15.1 Å². The molecule has 1 heterocycles. The van der Waals surface area contributed by atoms with Crippen LogP contribution >= 0.6 is 0 Å². The van der Waals surface area contributed by atoms with E-state index in [1.54, 1.807) is 10.8 Å². The fraction of sp³-hybridized carbons (Fsp3) is 0.0606. The summed E-state index contributed by atoms with van der Waals surface area (Å²) in [5.74, 6) is 0.296. The van der Waals surface area contributed by atoms with Crippen LogP contribution in [0.4, 0.5) is 0 Å². The molecule has 0 atom stereocenters. The lowest BCUT2D eigenvalue weighted by atomic mass is 10.1. The monoisotopic (exact) mass is 510 g/mol. The lowest BCUT2D eigenvalue weighted by Crippen LogP contribution is -2.23. The SMILES string of the molecule is N#CC(=Cc1cn(-c2ccccc2)nc1-c1ccc(OCc2ccccc2)cc1)C(=O)NCc1ccccc1. The lowest BCUT2D eigenvalue weighted by Gasteiger charge is -2.07. The van der Waals surface area contributed by atoms with Crippen molar-refractivity contribution in [3.8, 4) is 28.8 Å². The molecule has 0 saturated heterocycles. The summed E-state index contributed by atoms with van der Waals surface area (Å²) in [6.07, 6.45) is 3.41. The summed E-state index contributed by atoms with van der Waals surface area (Å²) in [5, 5.41) is 17.4. The number of benzene rings is 4. The van der Waals surface area contributed by atoms with Crippen LogP contribution in [0.15, 0.2) is 127 Å². The summed E-state index contributed by atoms with van der Waals surface area (Å²) < 4.78 is 7.68. The van der Waals surface area contributed by atoms with E-state index >= 15 is 0 Å². The number of aromatic nitrogens is 2. The van der Waals surface area contributed by atoms with Gasteiger partial charge in [0.05, 0.1) is 11.4 Å². The van der Waals surface area contributed by atoms with E-state index in [1.165, 1.54) is 0 Å². The van der Waals surface area contributed by atoms with Gasteiger partial charge in [-0.1, -0.05) is 78.9 Å². The first kappa shape index (κ1) is 25.2. The summed E-state index contributed by atoms with van der Waals surface area (Å²) in [5.41, 5.74) is 5.06. The van der Waals surface area contributed by atoms with E-state index in [0.29, 0.717) is 24.4 Å². The maximum absolute atomic E-state index is 12.9. The second kappa shape index (κ2) is 12.2. The van der Waals surface area contributed by atoms with Crippen LogP contribution in [0.2, 0.25) is 0 Å². The molecule has 0 aliphatic heterocycles. The van der Waals surface area contributed by atoms with E-state index in [4.69, 9.17) is 9.84 Å². The number of nitrogens with one attached hydrogen (secondary N) is 1. The van der Waals surface area contributed by atoms with Gasteiger partial charge in [-0.15, -0.1) is 0 Å². The predicted octanol–water partition coefficient (Wildman–Crippen LogP) is 6.34. The number of hydrogen-bond acceptors (Lipinski definition) is 4. The molecular weight excluding hydrogens is 484 g/mol. The van der Waals surface area contributed by atoms with E-state index in [0.717, 1.165) is 28.1 Å². The molecular formula is C33H26N4O2. The smallest absolute Gasteiger partial charge is 0.262 e. The molecule has 4 aromatic carbocycles. The summed E-state index contributed by atoms with van der Waals surface area (Å²) in [6, 6.07) is 38.9. The molecule has 1 N–H and O–H groups in total. The molecule has 0 bridgehead atoms. The third-order valence-corrected chi connectivity index (χ3v) is 6.10. The van der Waals surface area contributed by atoms with Gasteiger partial charge in [0, 0.05) is 23.9 Å². The zero-order valence-electron chi connectivity index (χ0n) is 21.2. The van der Waals surface area contributed by atoms with Crippen LogP contribution in [0, 0.1) is 11.3 Å². The first-order valence-electron chi connectivity index (χ1n) is 12.6. The summed E-state index contributed by atoms with van der Waals surface area (Å²) in [6.45, 7) is 0.805. The van der Waals surface area contributed by atoms with E-state index < -0.39 is 5.91 Å². The Morgan fingerprint density at radius 1 is 0.846 bits per heavy atom. The topological polar surface area (TPSA) is 79.9 Å². The van der Waals surface area contributed by atoms with Crippen molar-refractivity contribution in [3.05, 3.63) is 144 Å². The molecule has 0 spiro atoms. The van der Waals surface area contributed by atoms with Crippen LogP contribution in [-0.2, 0) is 17.9 Å². The first-order valence-corrected chi connectivity index (χ1v) is 12.6. The van der Waals surface area contributed by atoms with E-state index in [9.17, 15) is 10.1 Å². The van der Waals surface area contributed by atoms with Crippen molar-refractivity contribution in [3.63, 3.8) is 0 Å². The Hall–Kier alpha value is -5.41. The molecule has 5 aromatic rings. The molecule has 0 aliphatic carbocycles. The number of rotatable bonds is 9. The Kier molecular flexibility index (Phi) is 7.91. The molecule has 0 saturated carbocycles. The number of nitriles is 1. The van der Waals surface area contributed by atoms with E-state index in [2.05, 4.69) is 5.32 Å². The Labute approximate surface area is 227 Å². The summed E-state index contributed by atoms with van der Waals surface area (Å²) in [7, 11) is 0. The van der Waals surface area contributed by atoms with Crippen molar-refractivity contribution in [2.24, 2.45) is 0 Å². The van der Waals surface area contributed by atoms with Gasteiger partial charge in [-0.25, -0.2) is 4.68 Å². The van der Waals surface area contributed by atoms with Crippen LogP contribution in [0.5, 0.6) is 5.75 Å². The minimum absolute atomic E-state index is 0.00241. The van der Waals surface area contributed by atoms with Crippen molar-refractivity contribution in [1.29, 1.82) is 5.26 Å². The second-order valence-electron chi connectivity index (χ2n) is 8.85. The number of amides is 1. The van der Waals surface area contributed by atoms with Crippen molar-refractivity contribution in [2.75, 3.05) is 0 Å². The van der Waals surface area contributed by atoms with Crippen molar-refractivity contribution in [2.45, 2.75) is 13.2 Å². The zero-order chi connectivity index (χ0) is 26.9. The maximum Gasteiger partial charge on any atom is 0.262 e. The van der Waals surface area contributed by atoms with Crippen LogP contribution in [-0.4, -0.2) is 15.7 Å². The maximum atomic E-state index is 12.9. The lowest BCUT2D eigenvalue weighted by molar-refractivity contribution is -0.117. The Morgan fingerprint density at radius 3 is 2.10 bits per heavy atom. The molecule has 1 amide bonds. The quantitative estimate of drug-likeness (QED) is 0.185. The number of para-hydroxylation sites is 1. The fourth-order valence-electron chi connectivity index (χ4n) is 4.06. The molecule has 0 fully saturated rings. The predicted molar refractivity (Wildman–Crippen MR) is 152 cm³/mol. The van der Waals surface area contributed by atoms with Gasteiger partial charge in [0.15, 0.2) is 0 Å². The van der Waals surface area contributed by atoms with Crippen molar-refractivity contribution >= 4 is 12.0 Å². The number of ether oxygens (including phenoxy) is 1. The van der Waals surface area contributed by atoms with Crippen LogP contribution in [0.1, 0.15) is 16.7 Å². The molecule has 1 aromatic heterocycles. The molecule has 39 heavy (non-hydrogen) atoms. The number of carbonyl (C=O) groups is 1.